The largest absolute Gasteiger partial charge is 0.339 e. The van der Waals surface area contributed by atoms with E-state index < -0.39 is 0 Å². The van der Waals surface area contributed by atoms with Crippen molar-refractivity contribution in [2.75, 3.05) is 5.32 Å². The number of pyridine rings is 1. The van der Waals surface area contributed by atoms with Gasteiger partial charge in [-0.25, -0.2) is 4.98 Å². The third-order valence-electron chi connectivity index (χ3n) is 2.59. The van der Waals surface area contributed by atoms with Crippen LogP contribution >= 0.6 is 27.5 Å². The average Bonchev–Trinajstić information content (AvgIpc) is 2.74. The van der Waals surface area contributed by atoms with Crippen molar-refractivity contribution in [1.82, 2.24) is 9.55 Å². The molecule has 0 radical (unpaired) electrons. The number of nitrogens with zero attached hydrogens (tertiary/aromatic N) is 2. The van der Waals surface area contributed by atoms with Crippen molar-refractivity contribution in [3.63, 3.8) is 0 Å². The first-order chi connectivity index (χ1) is 8.97. The number of halogens is 2. The monoisotopic (exact) mass is 341 g/mol. The Hall–Kier alpha value is -1.33. The second-order valence-electron chi connectivity index (χ2n) is 4.37. The maximum Gasteiger partial charge on any atom is 0.272 e. The molecule has 1 amide bonds. The van der Waals surface area contributed by atoms with Crippen LogP contribution in [0.15, 0.2) is 35.2 Å². The Morgan fingerprint density at radius 2 is 2.21 bits per heavy atom. The van der Waals surface area contributed by atoms with Crippen LogP contribution in [0.1, 0.15) is 30.4 Å². The summed E-state index contributed by atoms with van der Waals surface area (Å²) in [5.74, 6) is -0.204. The molecule has 0 atom stereocenters. The summed E-state index contributed by atoms with van der Waals surface area (Å²) in [6.07, 6.45) is 3.34. The topological polar surface area (TPSA) is 46.9 Å². The lowest BCUT2D eigenvalue weighted by molar-refractivity contribution is 0.101. The molecule has 2 heterocycles. The van der Waals surface area contributed by atoms with Gasteiger partial charge in [0.1, 0.15) is 10.3 Å². The lowest BCUT2D eigenvalue weighted by Crippen LogP contribution is -2.17. The molecule has 0 fully saturated rings. The van der Waals surface area contributed by atoms with Crippen molar-refractivity contribution in [1.29, 1.82) is 0 Å². The van der Waals surface area contributed by atoms with Crippen molar-refractivity contribution in [2.45, 2.75) is 19.9 Å². The van der Waals surface area contributed by atoms with E-state index in [1.54, 1.807) is 30.6 Å². The molecule has 6 heteroatoms. The number of hydrogen-bond acceptors (Lipinski definition) is 2. The van der Waals surface area contributed by atoms with Gasteiger partial charge >= 0.3 is 0 Å². The van der Waals surface area contributed by atoms with Gasteiger partial charge in [-0.15, -0.1) is 0 Å². The van der Waals surface area contributed by atoms with E-state index in [1.165, 1.54) is 0 Å². The molecule has 0 aliphatic heterocycles. The fraction of sp³-hybridized carbons (Fsp3) is 0.231. The standard InChI is InChI=1S/C13H13BrClN3O/c1-8(2)18-7-9(15)5-11(18)13(19)17-10-3-4-12(14)16-6-10/h3-8H,1-2H3,(H,17,19). The third-order valence-corrected chi connectivity index (χ3v) is 3.27. The van der Waals surface area contributed by atoms with Crippen LogP contribution in [0, 0.1) is 0 Å². The summed E-state index contributed by atoms with van der Waals surface area (Å²) in [4.78, 5) is 16.3. The lowest BCUT2D eigenvalue weighted by Gasteiger charge is -2.12. The summed E-state index contributed by atoms with van der Waals surface area (Å²) in [5, 5.41) is 3.34. The molecule has 0 aliphatic rings. The molecule has 2 rings (SSSR count). The quantitative estimate of drug-likeness (QED) is 0.852. The van der Waals surface area contributed by atoms with E-state index in [-0.39, 0.29) is 11.9 Å². The number of carbonyl (C=O) groups is 1. The number of carbonyl (C=O) groups excluding carboxylic acids is 1. The second-order valence-corrected chi connectivity index (χ2v) is 5.62. The molecule has 2 aromatic rings. The zero-order valence-corrected chi connectivity index (χ0v) is 12.9. The summed E-state index contributed by atoms with van der Waals surface area (Å²) < 4.78 is 2.56. The predicted octanol–water partition coefficient (Wildman–Crippen LogP) is 4.13. The Morgan fingerprint density at radius 3 is 2.79 bits per heavy atom. The van der Waals surface area contributed by atoms with Crippen LogP contribution in [0.3, 0.4) is 0 Å². The van der Waals surface area contributed by atoms with Crippen molar-refractivity contribution in [3.05, 3.63) is 45.9 Å². The maximum absolute atomic E-state index is 12.2. The number of hydrogen-bond donors (Lipinski definition) is 1. The minimum absolute atomic E-state index is 0.163. The number of nitrogens with one attached hydrogen (secondary N) is 1. The molecule has 2 aromatic heterocycles. The molecule has 1 N–H and O–H groups in total. The first-order valence-corrected chi connectivity index (χ1v) is 6.94. The van der Waals surface area contributed by atoms with Crippen molar-refractivity contribution in [3.8, 4) is 0 Å². The molecule has 0 bridgehead atoms. The molecule has 0 aliphatic carbocycles. The number of anilines is 1. The Kier molecular flexibility index (Phi) is 4.27. The van der Waals surface area contributed by atoms with Gasteiger partial charge in [-0.1, -0.05) is 11.6 Å². The Labute approximate surface area is 124 Å². The normalized spacial score (nSPS) is 10.8. The second kappa shape index (κ2) is 5.75. The molecule has 0 saturated heterocycles. The molecule has 4 nitrogen and oxygen atoms in total. The first-order valence-electron chi connectivity index (χ1n) is 5.77. The third kappa shape index (κ3) is 3.36. The van der Waals surface area contributed by atoms with Crippen LogP contribution in [0.25, 0.3) is 0 Å². The van der Waals surface area contributed by atoms with Crippen molar-refractivity contribution in [2.24, 2.45) is 0 Å². The highest BCUT2D eigenvalue weighted by atomic mass is 79.9. The van der Waals surface area contributed by atoms with E-state index in [9.17, 15) is 4.79 Å². The van der Waals surface area contributed by atoms with Crippen LogP contribution in [0.2, 0.25) is 5.02 Å². The number of aromatic nitrogens is 2. The van der Waals surface area contributed by atoms with Gasteiger partial charge in [-0.05, 0) is 48.0 Å². The highest BCUT2D eigenvalue weighted by Crippen LogP contribution is 2.20. The van der Waals surface area contributed by atoms with Gasteiger partial charge in [-0.2, -0.15) is 0 Å². The van der Waals surface area contributed by atoms with Gasteiger partial charge in [-0.3, -0.25) is 4.79 Å². The van der Waals surface area contributed by atoms with E-state index in [1.807, 2.05) is 18.4 Å². The molecular formula is C13H13BrClN3O. The minimum Gasteiger partial charge on any atom is -0.339 e. The fourth-order valence-corrected chi connectivity index (χ4v) is 2.14. The summed E-state index contributed by atoms with van der Waals surface area (Å²) >= 11 is 9.20. The molecule has 100 valence electrons. The van der Waals surface area contributed by atoms with Crippen LogP contribution in [0.5, 0.6) is 0 Å². The number of amides is 1. The summed E-state index contributed by atoms with van der Waals surface area (Å²) in [7, 11) is 0. The van der Waals surface area contributed by atoms with E-state index in [2.05, 4.69) is 26.2 Å². The van der Waals surface area contributed by atoms with Gasteiger partial charge in [0.15, 0.2) is 0 Å². The number of rotatable bonds is 3. The summed E-state index contributed by atoms with van der Waals surface area (Å²) in [6.45, 7) is 3.99. The Morgan fingerprint density at radius 1 is 1.47 bits per heavy atom. The fourth-order valence-electron chi connectivity index (χ4n) is 1.70. The van der Waals surface area contributed by atoms with Crippen molar-refractivity contribution < 1.29 is 4.79 Å². The zero-order valence-electron chi connectivity index (χ0n) is 10.5. The van der Waals surface area contributed by atoms with Gasteiger partial charge in [0.25, 0.3) is 5.91 Å². The van der Waals surface area contributed by atoms with Crippen LogP contribution in [-0.2, 0) is 0 Å². The summed E-state index contributed by atoms with van der Waals surface area (Å²) in [5.41, 5.74) is 1.17. The molecule has 0 unspecified atom stereocenters. The van der Waals surface area contributed by atoms with Crippen molar-refractivity contribution >= 4 is 39.1 Å². The molecule has 0 spiro atoms. The SMILES string of the molecule is CC(C)n1cc(Cl)cc1C(=O)Nc1ccc(Br)nc1. The minimum atomic E-state index is -0.204. The first kappa shape index (κ1) is 14.1. The van der Waals surface area contributed by atoms with Crippen LogP contribution in [0.4, 0.5) is 5.69 Å². The molecular weight excluding hydrogens is 330 g/mol. The average molecular weight is 343 g/mol. The Bertz CT molecular complexity index is 592. The van der Waals surface area contributed by atoms with Gasteiger partial charge in [0.2, 0.25) is 0 Å². The molecule has 19 heavy (non-hydrogen) atoms. The van der Waals surface area contributed by atoms with E-state index in [0.29, 0.717) is 16.4 Å². The summed E-state index contributed by atoms with van der Waals surface area (Å²) in [6, 6.07) is 5.36. The zero-order chi connectivity index (χ0) is 14.0. The van der Waals surface area contributed by atoms with Gasteiger partial charge < -0.3 is 9.88 Å². The highest BCUT2D eigenvalue weighted by molar-refractivity contribution is 9.10. The van der Waals surface area contributed by atoms with Crippen LogP contribution < -0.4 is 5.32 Å². The van der Waals surface area contributed by atoms with E-state index in [4.69, 9.17) is 11.6 Å². The highest BCUT2D eigenvalue weighted by Gasteiger charge is 2.15. The van der Waals surface area contributed by atoms with E-state index in [0.717, 1.165) is 4.60 Å². The maximum atomic E-state index is 12.2. The predicted molar refractivity (Wildman–Crippen MR) is 79.7 cm³/mol. The smallest absolute Gasteiger partial charge is 0.272 e. The lowest BCUT2D eigenvalue weighted by atomic mass is 10.3. The van der Waals surface area contributed by atoms with Gasteiger partial charge in [0.05, 0.1) is 16.9 Å². The van der Waals surface area contributed by atoms with Gasteiger partial charge in [0, 0.05) is 12.2 Å². The molecule has 0 aromatic carbocycles. The van der Waals surface area contributed by atoms with Crippen LogP contribution in [-0.4, -0.2) is 15.5 Å². The molecule has 0 saturated carbocycles. The van der Waals surface area contributed by atoms with E-state index >= 15 is 0 Å². The Balaban J connectivity index is 2.22.